The third kappa shape index (κ3) is 2.31. The second kappa shape index (κ2) is 5.57. The molecule has 0 saturated carbocycles. The molecule has 2 aromatic rings. The minimum absolute atomic E-state index is 0.255. The van der Waals surface area contributed by atoms with Crippen LogP contribution in [0.3, 0.4) is 0 Å². The number of rotatable bonds is 3. The first-order valence-electron chi connectivity index (χ1n) is 7.01. The van der Waals surface area contributed by atoms with E-state index in [0.29, 0.717) is 16.8 Å². The summed E-state index contributed by atoms with van der Waals surface area (Å²) in [5.41, 5.74) is 0.869. The highest BCUT2D eigenvalue weighted by Gasteiger charge is 2.27. The van der Waals surface area contributed by atoms with Gasteiger partial charge in [-0.05, 0) is 24.8 Å². The van der Waals surface area contributed by atoms with Crippen LogP contribution in [-0.2, 0) is 9.53 Å². The predicted molar refractivity (Wildman–Crippen MR) is 87.0 cm³/mol. The largest absolute Gasteiger partial charge is 0.465 e. The van der Waals surface area contributed by atoms with Crippen LogP contribution in [0.4, 0.5) is 5.82 Å². The maximum absolute atomic E-state index is 11.8. The molecule has 1 aliphatic heterocycles. The van der Waals surface area contributed by atoms with Crippen molar-refractivity contribution in [3.05, 3.63) is 35.8 Å². The van der Waals surface area contributed by atoms with Gasteiger partial charge in [-0.25, -0.2) is 14.8 Å². The number of anilines is 1. The van der Waals surface area contributed by atoms with Crippen LogP contribution in [0.2, 0.25) is 5.15 Å². The molecule has 3 rings (SSSR count). The van der Waals surface area contributed by atoms with Crippen molar-refractivity contribution in [3.63, 3.8) is 0 Å². The molecule has 2 aromatic heterocycles. The Hall–Kier alpha value is -2.14. The second-order valence-electron chi connectivity index (χ2n) is 5.35. The summed E-state index contributed by atoms with van der Waals surface area (Å²) in [5.74, 6) is 0.375. The topological polar surface area (TPSA) is 55.3 Å². The van der Waals surface area contributed by atoms with Crippen LogP contribution in [-0.4, -0.2) is 35.6 Å². The molecule has 0 bridgehead atoms. The van der Waals surface area contributed by atoms with Crippen LogP contribution in [0.25, 0.3) is 16.3 Å². The molecule has 114 valence electrons. The van der Waals surface area contributed by atoms with Crippen LogP contribution in [0.5, 0.6) is 0 Å². The van der Waals surface area contributed by atoms with Gasteiger partial charge in [0.2, 0.25) is 0 Å². The summed E-state index contributed by atoms with van der Waals surface area (Å²) in [6.07, 6.45) is 4.48. The second-order valence-corrected chi connectivity index (χ2v) is 5.74. The molecular formula is C16H16ClN3O2. The first-order chi connectivity index (χ1) is 10.5. The number of methoxy groups -OCH3 is 1. The third-order valence-electron chi connectivity index (χ3n) is 4.07. The van der Waals surface area contributed by atoms with Gasteiger partial charge in [0.1, 0.15) is 11.0 Å². The van der Waals surface area contributed by atoms with E-state index in [1.807, 2.05) is 0 Å². The fourth-order valence-corrected chi connectivity index (χ4v) is 2.79. The molecule has 0 radical (unpaired) electrons. The number of carbonyl (C=O) groups is 1. The number of ether oxygens (including phenoxy) is 1. The van der Waals surface area contributed by atoms with Gasteiger partial charge in [0.15, 0.2) is 0 Å². The molecule has 22 heavy (non-hydrogen) atoms. The minimum Gasteiger partial charge on any atom is -0.465 e. The number of halogens is 1. The van der Waals surface area contributed by atoms with Crippen LogP contribution in [0, 0.1) is 0 Å². The monoisotopic (exact) mass is 317 g/mol. The summed E-state index contributed by atoms with van der Waals surface area (Å²) in [6.45, 7) is 6.92. The molecule has 0 N–H and O–H groups in total. The van der Waals surface area contributed by atoms with Gasteiger partial charge in [0, 0.05) is 35.9 Å². The van der Waals surface area contributed by atoms with Crippen molar-refractivity contribution in [1.29, 1.82) is 0 Å². The average molecular weight is 318 g/mol. The van der Waals surface area contributed by atoms with E-state index in [4.69, 9.17) is 16.3 Å². The summed E-state index contributed by atoms with van der Waals surface area (Å²) in [6, 6.07) is 2.18. The van der Waals surface area contributed by atoms with Gasteiger partial charge in [-0.1, -0.05) is 18.2 Å². The first-order valence-corrected chi connectivity index (χ1v) is 7.39. The Morgan fingerprint density at radius 1 is 1.41 bits per heavy atom. The van der Waals surface area contributed by atoms with Crippen molar-refractivity contribution in [2.45, 2.75) is 19.4 Å². The molecule has 0 spiro atoms. The van der Waals surface area contributed by atoms with Gasteiger partial charge in [-0.15, -0.1) is 0 Å². The third-order valence-corrected chi connectivity index (χ3v) is 4.27. The zero-order chi connectivity index (χ0) is 15.9. The number of carbonyl (C=O) groups excluding carboxylic acids is 1. The molecule has 0 unspecified atom stereocenters. The lowest BCUT2D eigenvalue weighted by molar-refractivity contribution is -0.133. The van der Waals surface area contributed by atoms with Crippen molar-refractivity contribution in [1.82, 2.24) is 9.97 Å². The maximum atomic E-state index is 11.8. The van der Waals surface area contributed by atoms with Gasteiger partial charge in [-0.2, -0.15) is 0 Å². The van der Waals surface area contributed by atoms with E-state index < -0.39 is 5.97 Å². The molecule has 0 aromatic carbocycles. The summed E-state index contributed by atoms with van der Waals surface area (Å²) >= 11 is 6.03. The Morgan fingerprint density at radius 2 is 2.18 bits per heavy atom. The van der Waals surface area contributed by atoms with E-state index in [1.54, 1.807) is 18.5 Å². The van der Waals surface area contributed by atoms with Crippen molar-refractivity contribution < 1.29 is 9.53 Å². The van der Waals surface area contributed by atoms with E-state index >= 15 is 0 Å². The highest BCUT2D eigenvalue weighted by molar-refractivity contribution is 6.30. The minimum atomic E-state index is -0.485. The number of fused-ring (bicyclic) bond motifs is 1. The quantitative estimate of drug-likeness (QED) is 0.495. The van der Waals surface area contributed by atoms with E-state index in [9.17, 15) is 4.79 Å². The van der Waals surface area contributed by atoms with Gasteiger partial charge < -0.3 is 9.64 Å². The molecule has 6 heteroatoms. The number of nitrogens with zero attached hydrogens (tertiary/aromatic N) is 3. The van der Waals surface area contributed by atoms with Crippen molar-refractivity contribution in [3.8, 4) is 0 Å². The lowest BCUT2D eigenvalue weighted by atomic mass is 10.00. The Kier molecular flexibility index (Phi) is 3.74. The number of esters is 1. The molecule has 1 fully saturated rings. The molecule has 0 amide bonds. The number of pyridine rings is 2. The van der Waals surface area contributed by atoms with Crippen LogP contribution in [0.15, 0.2) is 25.0 Å². The molecule has 5 nitrogen and oxygen atoms in total. The molecule has 1 aliphatic rings. The number of hydrogen-bond acceptors (Lipinski definition) is 5. The summed E-state index contributed by atoms with van der Waals surface area (Å²) in [5, 5.41) is 2.03. The Balaban J connectivity index is 2.19. The standard InChI is InChI=1S/C16H16ClN3O2/c1-9-4-5-20(9)15-13-8-18-14(17)6-11(13)12(7-19-15)10(2)16(21)22-3/h6-9H,2,4-5H2,1,3H3/t9-/m1/s1. The van der Waals surface area contributed by atoms with Crippen molar-refractivity contribution in [2.24, 2.45) is 0 Å². The van der Waals surface area contributed by atoms with E-state index in [0.717, 1.165) is 29.6 Å². The van der Waals surface area contributed by atoms with Gasteiger partial charge in [0.05, 0.1) is 12.7 Å². The number of aromatic nitrogens is 2. The van der Waals surface area contributed by atoms with Crippen LogP contribution in [0.1, 0.15) is 18.9 Å². The zero-order valence-electron chi connectivity index (χ0n) is 12.5. The van der Waals surface area contributed by atoms with Gasteiger partial charge in [0.25, 0.3) is 0 Å². The molecule has 1 atom stereocenters. The van der Waals surface area contributed by atoms with E-state index in [2.05, 4.69) is 28.4 Å². The molecular weight excluding hydrogens is 302 g/mol. The average Bonchev–Trinajstić information content (AvgIpc) is 2.51. The maximum Gasteiger partial charge on any atom is 0.337 e. The smallest absolute Gasteiger partial charge is 0.337 e. The molecule has 1 saturated heterocycles. The molecule has 3 heterocycles. The SMILES string of the molecule is C=C(C(=O)OC)c1cnc(N2CC[C@H]2C)c2cnc(Cl)cc12. The van der Waals surface area contributed by atoms with Gasteiger partial charge in [-0.3, -0.25) is 0 Å². The van der Waals surface area contributed by atoms with E-state index in [1.165, 1.54) is 7.11 Å². The van der Waals surface area contributed by atoms with Crippen LogP contribution < -0.4 is 4.90 Å². The Labute approximate surface area is 133 Å². The fourth-order valence-electron chi connectivity index (χ4n) is 2.63. The highest BCUT2D eigenvalue weighted by Crippen LogP contribution is 2.35. The Bertz CT molecular complexity index is 775. The number of hydrogen-bond donors (Lipinski definition) is 0. The fraction of sp³-hybridized carbons (Fsp3) is 0.312. The van der Waals surface area contributed by atoms with E-state index in [-0.39, 0.29) is 5.57 Å². The highest BCUT2D eigenvalue weighted by atomic mass is 35.5. The Morgan fingerprint density at radius 3 is 2.77 bits per heavy atom. The van der Waals surface area contributed by atoms with Crippen molar-refractivity contribution in [2.75, 3.05) is 18.6 Å². The zero-order valence-corrected chi connectivity index (χ0v) is 13.2. The van der Waals surface area contributed by atoms with Crippen LogP contribution >= 0.6 is 11.6 Å². The summed E-state index contributed by atoms with van der Waals surface area (Å²) in [4.78, 5) is 22.7. The lowest BCUT2D eigenvalue weighted by Gasteiger charge is -2.40. The van der Waals surface area contributed by atoms with Gasteiger partial charge >= 0.3 is 5.97 Å². The summed E-state index contributed by atoms with van der Waals surface area (Å²) < 4.78 is 4.75. The molecule has 0 aliphatic carbocycles. The van der Waals surface area contributed by atoms with Crippen molar-refractivity contribution >= 4 is 39.7 Å². The summed E-state index contributed by atoms with van der Waals surface area (Å²) in [7, 11) is 1.33. The normalized spacial score (nSPS) is 17.2. The predicted octanol–water partition coefficient (Wildman–Crippen LogP) is 3.07. The first kappa shape index (κ1) is 14.8. The lowest BCUT2D eigenvalue weighted by Crippen LogP contribution is -2.46.